The number of benzene rings is 2. The number of amides is 4. The fourth-order valence-corrected chi connectivity index (χ4v) is 5.60. The van der Waals surface area contributed by atoms with Crippen LogP contribution in [0.25, 0.3) is 0 Å². The van der Waals surface area contributed by atoms with Crippen molar-refractivity contribution in [2.75, 3.05) is 38.2 Å². The topological polar surface area (TPSA) is 125 Å². The molecule has 34 heavy (non-hydrogen) atoms. The number of nitrogens with one attached hydrogen (secondary N) is 2. The number of sulfonamides is 1. The lowest BCUT2D eigenvalue weighted by molar-refractivity contribution is -0.130. The minimum atomic E-state index is -3.75. The molecule has 1 atom stereocenters. The van der Waals surface area contributed by atoms with E-state index in [2.05, 4.69) is 10.6 Å². The Morgan fingerprint density at radius 2 is 1.82 bits per heavy atom. The van der Waals surface area contributed by atoms with Crippen molar-refractivity contribution in [3.05, 3.63) is 59.7 Å². The number of aryl methyl sites for hydroxylation is 1. The Kier molecular flexibility index (Phi) is 6.96. The van der Waals surface area contributed by atoms with Crippen molar-refractivity contribution in [1.29, 1.82) is 0 Å². The van der Waals surface area contributed by atoms with Gasteiger partial charge in [-0.15, -0.1) is 0 Å². The molecule has 0 spiro atoms. The van der Waals surface area contributed by atoms with Crippen molar-refractivity contribution in [2.45, 2.75) is 24.3 Å². The lowest BCUT2D eigenvalue weighted by atomic mass is 10.1. The van der Waals surface area contributed by atoms with Gasteiger partial charge in [0, 0.05) is 25.2 Å². The van der Waals surface area contributed by atoms with Crippen LogP contribution >= 0.6 is 0 Å². The highest BCUT2D eigenvalue weighted by Gasteiger charge is 2.39. The Morgan fingerprint density at radius 3 is 2.53 bits per heavy atom. The van der Waals surface area contributed by atoms with Crippen molar-refractivity contribution in [3.8, 4) is 0 Å². The van der Waals surface area contributed by atoms with Gasteiger partial charge in [0.25, 0.3) is 5.91 Å². The van der Waals surface area contributed by atoms with Crippen LogP contribution < -0.4 is 10.6 Å². The number of hydrogen-bond acceptors (Lipinski definition) is 6. The number of urea groups is 1. The molecule has 2 aliphatic heterocycles. The third-order valence-electron chi connectivity index (χ3n) is 5.75. The monoisotopic (exact) mass is 486 g/mol. The second-order valence-electron chi connectivity index (χ2n) is 8.16. The lowest BCUT2D eigenvalue weighted by Crippen LogP contribution is -2.41. The summed E-state index contributed by atoms with van der Waals surface area (Å²) >= 11 is 0. The Labute approximate surface area is 197 Å². The zero-order chi connectivity index (χ0) is 24.3. The highest BCUT2D eigenvalue weighted by atomic mass is 32.2. The van der Waals surface area contributed by atoms with Gasteiger partial charge in [-0.1, -0.05) is 36.4 Å². The summed E-state index contributed by atoms with van der Waals surface area (Å²) in [6.07, 6.45) is 0.324. The van der Waals surface area contributed by atoms with Gasteiger partial charge >= 0.3 is 6.03 Å². The van der Waals surface area contributed by atoms with Crippen LogP contribution in [0.5, 0.6) is 0 Å². The first kappa shape index (κ1) is 23.9. The maximum atomic E-state index is 13.0. The standard InChI is InChI=1S/C23H26N4O6S/c1-16-7-8-18(14-20(16)34(31,32)26-9-11-33-12-10-26)24-21(28)15-27-22(29)19(25-23(27)30)13-17-5-3-2-4-6-17/h2-8,14,19H,9-13,15H2,1H3,(H,24,28)(H,25,30)/t19-/m1/s1. The van der Waals surface area contributed by atoms with Crippen LogP contribution in [0.3, 0.4) is 0 Å². The zero-order valence-corrected chi connectivity index (χ0v) is 19.5. The number of carbonyl (C=O) groups excluding carboxylic acids is 3. The highest BCUT2D eigenvalue weighted by molar-refractivity contribution is 7.89. The minimum absolute atomic E-state index is 0.0881. The summed E-state index contributed by atoms with van der Waals surface area (Å²) in [5.41, 5.74) is 1.69. The summed E-state index contributed by atoms with van der Waals surface area (Å²) in [6.45, 7) is 2.37. The molecular weight excluding hydrogens is 460 g/mol. The molecule has 2 heterocycles. The van der Waals surface area contributed by atoms with E-state index in [4.69, 9.17) is 4.74 Å². The number of imide groups is 1. The SMILES string of the molecule is Cc1ccc(NC(=O)CN2C(=O)N[C@H](Cc3ccccc3)C2=O)cc1S(=O)(=O)N1CCOCC1. The van der Waals surface area contributed by atoms with E-state index in [1.807, 2.05) is 30.3 Å². The first-order valence-electron chi connectivity index (χ1n) is 10.9. The van der Waals surface area contributed by atoms with Gasteiger partial charge in [-0.05, 0) is 30.2 Å². The summed E-state index contributed by atoms with van der Waals surface area (Å²) in [5, 5.41) is 5.20. The summed E-state index contributed by atoms with van der Waals surface area (Å²) in [7, 11) is -3.75. The molecule has 0 aliphatic carbocycles. The van der Waals surface area contributed by atoms with Crippen LogP contribution in [0, 0.1) is 6.92 Å². The van der Waals surface area contributed by atoms with E-state index in [0.29, 0.717) is 25.2 Å². The van der Waals surface area contributed by atoms with E-state index >= 15 is 0 Å². The van der Waals surface area contributed by atoms with Crippen molar-refractivity contribution < 1.29 is 27.5 Å². The number of anilines is 1. The number of morpholine rings is 1. The molecule has 2 saturated heterocycles. The van der Waals surface area contributed by atoms with E-state index in [0.717, 1.165) is 10.5 Å². The molecular formula is C23H26N4O6S. The van der Waals surface area contributed by atoms with Gasteiger partial charge in [0.15, 0.2) is 0 Å². The van der Waals surface area contributed by atoms with E-state index in [9.17, 15) is 22.8 Å². The van der Waals surface area contributed by atoms with Gasteiger partial charge in [-0.3, -0.25) is 14.5 Å². The molecule has 2 aliphatic rings. The van der Waals surface area contributed by atoms with Crippen molar-refractivity contribution in [2.24, 2.45) is 0 Å². The van der Waals surface area contributed by atoms with Crippen LogP contribution in [0.1, 0.15) is 11.1 Å². The van der Waals surface area contributed by atoms with E-state index in [1.54, 1.807) is 19.1 Å². The third-order valence-corrected chi connectivity index (χ3v) is 7.79. The predicted molar refractivity (Wildman–Crippen MR) is 124 cm³/mol. The molecule has 2 aromatic carbocycles. The lowest BCUT2D eigenvalue weighted by Gasteiger charge is -2.27. The van der Waals surface area contributed by atoms with Gasteiger partial charge in [-0.2, -0.15) is 4.31 Å². The third kappa shape index (κ3) is 5.11. The smallest absolute Gasteiger partial charge is 0.325 e. The maximum Gasteiger partial charge on any atom is 0.325 e. The summed E-state index contributed by atoms with van der Waals surface area (Å²) < 4.78 is 32.7. The molecule has 2 fully saturated rings. The van der Waals surface area contributed by atoms with Gasteiger partial charge in [0.1, 0.15) is 12.6 Å². The molecule has 2 N–H and O–H groups in total. The molecule has 0 bridgehead atoms. The molecule has 0 unspecified atom stereocenters. The molecule has 4 amide bonds. The molecule has 0 aromatic heterocycles. The van der Waals surface area contributed by atoms with Crippen LogP contribution in [0.2, 0.25) is 0 Å². The van der Waals surface area contributed by atoms with E-state index in [-0.39, 0.29) is 23.7 Å². The van der Waals surface area contributed by atoms with E-state index < -0.39 is 40.5 Å². The van der Waals surface area contributed by atoms with Crippen LogP contribution in [0.15, 0.2) is 53.4 Å². The van der Waals surface area contributed by atoms with Gasteiger partial charge in [0.05, 0.1) is 18.1 Å². The second-order valence-corrected chi connectivity index (χ2v) is 10.1. The molecule has 4 rings (SSSR count). The Balaban J connectivity index is 1.42. The van der Waals surface area contributed by atoms with Crippen LogP contribution in [-0.4, -0.2) is 74.4 Å². The zero-order valence-electron chi connectivity index (χ0n) is 18.7. The molecule has 2 aromatic rings. The summed E-state index contributed by atoms with van der Waals surface area (Å²) in [4.78, 5) is 38.5. The molecule has 180 valence electrons. The number of nitrogens with zero attached hydrogens (tertiary/aromatic N) is 2. The number of carbonyl (C=O) groups is 3. The van der Waals surface area contributed by atoms with Gasteiger partial charge in [-0.25, -0.2) is 13.2 Å². The van der Waals surface area contributed by atoms with Crippen LogP contribution in [-0.2, 0) is 30.8 Å². The molecule has 10 nitrogen and oxygen atoms in total. The average molecular weight is 487 g/mol. The largest absolute Gasteiger partial charge is 0.379 e. The Bertz CT molecular complexity index is 1200. The molecule has 0 radical (unpaired) electrons. The molecule has 11 heteroatoms. The summed E-state index contributed by atoms with van der Waals surface area (Å²) in [5.74, 6) is -1.09. The number of hydrogen-bond donors (Lipinski definition) is 2. The van der Waals surface area contributed by atoms with Crippen molar-refractivity contribution >= 4 is 33.6 Å². The van der Waals surface area contributed by atoms with E-state index in [1.165, 1.54) is 10.4 Å². The normalized spacial score (nSPS) is 19.2. The maximum absolute atomic E-state index is 13.0. The minimum Gasteiger partial charge on any atom is -0.379 e. The first-order chi connectivity index (χ1) is 16.3. The van der Waals surface area contributed by atoms with Gasteiger partial charge < -0.3 is 15.4 Å². The quantitative estimate of drug-likeness (QED) is 0.565. The first-order valence-corrected chi connectivity index (χ1v) is 12.3. The Morgan fingerprint density at radius 1 is 1.12 bits per heavy atom. The predicted octanol–water partition coefficient (Wildman–Crippen LogP) is 1.12. The fraction of sp³-hybridized carbons (Fsp3) is 0.348. The number of ether oxygens (including phenoxy) is 1. The Hall–Kier alpha value is -3.28. The van der Waals surface area contributed by atoms with Crippen molar-refractivity contribution in [3.63, 3.8) is 0 Å². The fourth-order valence-electron chi connectivity index (χ4n) is 3.94. The molecule has 0 saturated carbocycles. The van der Waals surface area contributed by atoms with Crippen LogP contribution in [0.4, 0.5) is 10.5 Å². The number of rotatable bonds is 7. The summed E-state index contributed by atoms with van der Waals surface area (Å²) in [6, 6.07) is 12.5. The van der Waals surface area contributed by atoms with Gasteiger partial charge in [0.2, 0.25) is 15.9 Å². The second kappa shape index (κ2) is 9.92. The van der Waals surface area contributed by atoms with Crippen molar-refractivity contribution in [1.82, 2.24) is 14.5 Å². The highest BCUT2D eigenvalue weighted by Crippen LogP contribution is 2.24. The average Bonchev–Trinajstić information content (AvgIpc) is 3.08.